The van der Waals surface area contributed by atoms with E-state index in [9.17, 15) is 0 Å². The van der Waals surface area contributed by atoms with Crippen LogP contribution in [0.25, 0.3) is 0 Å². The van der Waals surface area contributed by atoms with E-state index in [-0.39, 0.29) is 0 Å². The summed E-state index contributed by atoms with van der Waals surface area (Å²) in [5, 5.41) is 3.19. The minimum Gasteiger partial charge on any atom is -0.373 e. The highest BCUT2D eigenvalue weighted by Gasteiger charge is 2.20. The first-order valence-corrected chi connectivity index (χ1v) is 7.02. The fourth-order valence-electron chi connectivity index (χ4n) is 2.59. The lowest BCUT2D eigenvalue weighted by molar-refractivity contribution is 0.436. The average Bonchev–Trinajstić information content (AvgIpc) is 2.40. The van der Waals surface area contributed by atoms with Crippen molar-refractivity contribution in [3.63, 3.8) is 0 Å². The van der Waals surface area contributed by atoms with Crippen LogP contribution in [0.4, 0.5) is 11.6 Å². The van der Waals surface area contributed by atoms with Crippen LogP contribution in [0.15, 0.2) is 6.33 Å². The van der Waals surface area contributed by atoms with E-state index in [0.29, 0.717) is 0 Å². The van der Waals surface area contributed by atoms with Crippen molar-refractivity contribution in [2.45, 2.75) is 39.5 Å². The van der Waals surface area contributed by atoms with Crippen molar-refractivity contribution in [2.75, 3.05) is 30.4 Å². The zero-order valence-corrected chi connectivity index (χ0v) is 11.7. The molecule has 0 aromatic carbocycles. The quantitative estimate of drug-likeness (QED) is 0.889. The van der Waals surface area contributed by atoms with Gasteiger partial charge in [0, 0.05) is 25.7 Å². The van der Waals surface area contributed by atoms with Crippen LogP contribution in [0.5, 0.6) is 0 Å². The highest BCUT2D eigenvalue weighted by Crippen LogP contribution is 2.28. The third kappa shape index (κ3) is 2.74. The standard InChI is InChI=1S/C14H24N4/c1-4-5-12-13(15-3)16-10-17-14(12)18-8-6-11(2)7-9-18/h10-11H,4-9H2,1-3H3,(H,15,16,17). The zero-order chi connectivity index (χ0) is 13.0. The lowest BCUT2D eigenvalue weighted by Gasteiger charge is -2.32. The monoisotopic (exact) mass is 248 g/mol. The van der Waals surface area contributed by atoms with E-state index in [4.69, 9.17) is 0 Å². The van der Waals surface area contributed by atoms with Gasteiger partial charge >= 0.3 is 0 Å². The van der Waals surface area contributed by atoms with E-state index in [1.165, 1.54) is 18.4 Å². The van der Waals surface area contributed by atoms with Crippen LogP contribution in [-0.4, -0.2) is 30.1 Å². The lowest BCUT2D eigenvalue weighted by atomic mass is 9.98. The van der Waals surface area contributed by atoms with Gasteiger partial charge in [-0.05, 0) is 25.2 Å². The maximum absolute atomic E-state index is 4.53. The van der Waals surface area contributed by atoms with E-state index in [0.717, 1.165) is 43.5 Å². The van der Waals surface area contributed by atoms with Gasteiger partial charge in [0.2, 0.25) is 0 Å². The minimum absolute atomic E-state index is 0.849. The SMILES string of the molecule is CCCc1c(NC)ncnc1N1CCC(C)CC1. The van der Waals surface area contributed by atoms with E-state index in [2.05, 4.69) is 34.0 Å². The van der Waals surface area contributed by atoms with Crippen LogP contribution in [0.3, 0.4) is 0 Å². The number of anilines is 2. The molecular formula is C14H24N4. The largest absolute Gasteiger partial charge is 0.373 e. The predicted octanol–water partition coefficient (Wildman–Crippen LogP) is 2.71. The summed E-state index contributed by atoms with van der Waals surface area (Å²) >= 11 is 0. The zero-order valence-electron chi connectivity index (χ0n) is 11.7. The number of hydrogen-bond acceptors (Lipinski definition) is 4. The molecule has 1 N–H and O–H groups in total. The Hall–Kier alpha value is -1.32. The van der Waals surface area contributed by atoms with Crippen LogP contribution in [0, 0.1) is 5.92 Å². The number of nitrogens with one attached hydrogen (secondary N) is 1. The molecule has 2 rings (SSSR count). The molecule has 0 aliphatic carbocycles. The van der Waals surface area contributed by atoms with Gasteiger partial charge in [-0.25, -0.2) is 9.97 Å². The predicted molar refractivity (Wildman–Crippen MR) is 76.2 cm³/mol. The number of nitrogens with zero attached hydrogens (tertiary/aromatic N) is 3. The molecule has 1 aromatic rings. The molecule has 0 amide bonds. The smallest absolute Gasteiger partial charge is 0.137 e. The molecular weight excluding hydrogens is 224 g/mol. The molecule has 0 saturated carbocycles. The maximum Gasteiger partial charge on any atom is 0.137 e. The Labute approximate surface area is 110 Å². The summed E-state index contributed by atoms with van der Waals surface area (Å²) in [6.45, 7) is 6.79. The van der Waals surface area contributed by atoms with Crippen molar-refractivity contribution in [2.24, 2.45) is 5.92 Å². The molecule has 100 valence electrons. The summed E-state index contributed by atoms with van der Waals surface area (Å²) in [6.07, 6.45) is 6.38. The summed E-state index contributed by atoms with van der Waals surface area (Å²) in [5.74, 6) is 2.98. The molecule has 1 fully saturated rings. The fourth-order valence-corrected chi connectivity index (χ4v) is 2.59. The fraction of sp³-hybridized carbons (Fsp3) is 0.714. The Morgan fingerprint density at radius 3 is 2.67 bits per heavy atom. The molecule has 4 heteroatoms. The van der Waals surface area contributed by atoms with Crippen LogP contribution < -0.4 is 10.2 Å². The van der Waals surface area contributed by atoms with E-state index < -0.39 is 0 Å². The lowest BCUT2D eigenvalue weighted by Crippen LogP contribution is -2.34. The van der Waals surface area contributed by atoms with Crippen molar-refractivity contribution in [1.82, 2.24) is 9.97 Å². The van der Waals surface area contributed by atoms with Gasteiger partial charge in [0.25, 0.3) is 0 Å². The maximum atomic E-state index is 4.53. The summed E-state index contributed by atoms with van der Waals surface area (Å²) in [4.78, 5) is 11.3. The summed E-state index contributed by atoms with van der Waals surface area (Å²) < 4.78 is 0. The number of hydrogen-bond donors (Lipinski definition) is 1. The molecule has 2 heterocycles. The Morgan fingerprint density at radius 1 is 1.33 bits per heavy atom. The Bertz CT molecular complexity index is 383. The van der Waals surface area contributed by atoms with E-state index in [1.807, 2.05) is 7.05 Å². The van der Waals surface area contributed by atoms with Crippen LogP contribution in [0.2, 0.25) is 0 Å². The summed E-state index contributed by atoms with van der Waals surface area (Å²) in [6, 6.07) is 0. The van der Waals surface area contributed by atoms with Crippen LogP contribution in [-0.2, 0) is 6.42 Å². The van der Waals surface area contributed by atoms with Crippen molar-refractivity contribution in [3.8, 4) is 0 Å². The molecule has 0 unspecified atom stereocenters. The molecule has 0 spiro atoms. The average molecular weight is 248 g/mol. The molecule has 4 nitrogen and oxygen atoms in total. The second kappa shape index (κ2) is 6.03. The molecule has 18 heavy (non-hydrogen) atoms. The van der Waals surface area contributed by atoms with E-state index >= 15 is 0 Å². The van der Waals surface area contributed by atoms with Gasteiger partial charge in [0.1, 0.15) is 18.0 Å². The summed E-state index contributed by atoms with van der Waals surface area (Å²) in [5.41, 5.74) is 1.28. The van der Waals surface area contributed by atoms with Crippen molar-refractivity contribution in [1.29, 1.82) is 0 Å². The van der Waals surface area contributed by atoms with Gasteiger partial charge in [0.05, 0.1) is 0 Å². The van der Waals surface area contributed by atoms with Gasteiger partial charge in [0.15, 0.2) is 0 Å². The number of piperidine rings is 1. The second-order valence-electron chi connectivity index (χ2n) is 5.19. The Morgan fingerprint density at radius 2 is 2.06 bits per heavy atom. The number of aromatic nitrogens is 2. The molecule has 1 saturated heterocycles. The molecule has 0 bridgehead atoms. The second-order valence-corrected chi connectivity index (χ2v) is 5.19. The molecule has 1 aromatic heterocycles. The first-order chi connectivity index (χ1) is 8.76. The molecule has 1 aliphatic heterocycles. The van der Waals surface area contributed by atoms with Gasteiger partial charge in [-0.15, -0.1) is 0 Å². The van der Waals surface area contributed by atoms with E-state index in [1.54, 1.807) is 6.33 Å². The first kappa shape index (κ1) is 13.1. The van der Waals surface area contributed by atoms with Gasteiger partial charge < -0.3 is 10.2 Å². The third-order valence-corrected chi connectivity index (χ3v) is 3.74. The van der Waals surface area contributed by atoms with Crippen molar-refractivity contribution >= 4 is 11.6 Å². The van der Waals surface area contributed by atoms with Crippen LogP contribution in [0.1, 0.15) is 38.7 Å². The first-order valence-electron chi connectivity index (χ1n) is 7.02. The van der Waals surface area contributed by atoms with Crippen molar-refractivity contribution in [3.05, 3.63) is 11.9 Å². The molecule has 1 aliphatic rings. The van der Waals surface area contributed by atoms with Gasteiger partial charge in [-0.2, -0.15) is 0 Å². The highest BCUT2D eigenvalue weighted by atomic mass is 15.2. The van der Waals surface area contributed by atoms with Crippen molar-refractivity contribution < 1.29 is 0 Å². The topological polar surface area (TPSA) is 41.1 Å². The molecule has 0 radical (unpaired) electrons. The third-order valence-electron chi connectivity index (χ3n) is 3.74. The Kier molecular flexibility index (Phi) is 4.39. The Balaban J connectivity index is 2.25. The normalized spacial score (nSPS) is 16.9. The highest BCUT2D eigenvalue weighted by molar-refractivity contribution is 5.58. The van der Waals surface area contributed by atoms with Gasteiger partial charge in [-0.3, -0.25) is 0 Å². The van der Waals surface area contributed by atoms with Gasteiger partial charge in [-0.1, -0.05) is 20.3 Å². The molecule has 0 atom stereocenters. The van der Waals surface area contributed by atoms with Crippen LogP contribution >= 0.6 is 0 Å². The minimum atomic E-state index is 0.849. The summed E-state index contributed by atoms with van der Waals surface area (Å²) in [7, 11) is 1.93. The number of rotatable bonds is 4.